The van der Waals surface area contributed by atoms with Gasteiger partial charge < -0.3 is 9.64 Å². The lowest BCUT2D eigenvalue weighted by Crippen LogP contribution is -2.28. The largest absolute Gasteiger partial charge is 0.385 e. The first kappa shape index (κ1) is 21.1. The summed E-state index contributed by atoms with van der Waals surface area (Å²) in [5.41, 5.74) is 0.375. The molecule has 6 nitrogen and oxygen atoms in total. The molecule has 0 spiro atoms. The van der Waals surface area contributed by atoms with E-state index in [0.29, 0.717) is 19.6 Å². The van der Waals surface area contributed by atoms with Crippen LogP contribution in [0.25, 0.3) is 0 Å². The number of hydrogen-bond acceptors (Lipinski definition) is 4. The number of hydrogen-bond donors (Lipinski definition) is 1. The molecule has 0 atom stereocenters. The first-order chi connectivity index (χ1) is 12.7. The van der Waals surface area contributed by atoms with Crippen molar-refractivity contribution in [3.8, 4) is 0 Å². The van der Waals surface area contributed by atoms with Crippen LogP contribution in [-0.4, -0.2) is 46.5 Å². The minimum Gasteiger partial charge on any atom is -0.385 e. The van der Waals surface area contributed by atoms with Gasteiger partial charge in [0.25, 0.3) is 15.9 Å². The number of benzene rings is 2. The normalized spacial score (nSPS) is 11.3. The molecule has 0 saturated carbocycles. The van der Waals surface area contributed by atoms with E-state index >= 15 is 0 Å². The maximum absolute atomic E-state index is 13.0. The van der Waals surface area contributed by atoms with Gasteiger partial charge in [-0.2, -0.15) is 0 Å². The molecule has 0 radical (unpaired) electrons. The third-order valence-electron chi connectivity index (χ3n) is 3.75. The van der Waals surface area contributed by atoms with E-state index in [-0.39, 0.29) is 27.1 Å². The molecule has 1 amide bonds. The molecule has 0 unspecified atom stereocenters. The van der Waals surface area contributed by atoms with Crippen molar-refractivity contribution in [1.29, 1.82) is 0 Å². The third kappa shape index (κ3) is 5.66. The zero-order valence-corrected chi connectivity index (χ0v) is 16.5. The van der Waals surface area contributed by atoms with Gasteiger partial charge in [0.15, 0.2) is 0 Å². The summed E-state index contributed by atoms with van der Waals surface area (Å²) in [4.78, 5) is 13.8. The van der Waals surface area contributed by atoms with Crippen LogP contribution in [0.3, 0.4) is 0 Å². The van der Waals surface area contributed by atoms with Gasteiger partial charge in [-0.05, 0) is 48.9 Å². The number of amides is 1. The van der Waals surface area contributed by atoms with Crippen LogP contribution in [0.1, 0.15) is 16.8 Å². The summed E-state index contributed by atoms with van der Waals surface area (Å²) in [6.07, 6.45) is 0.656. The smallest absolute Gasteiger partial charge is 0.263 e. The number of sulfonamides is 1. The molecule has 2 aromatic carbocycles. The predicted octanol–water partition coefficient (Wildman–Crippen LogP) is 3.39. The van der Waals surface area contributed by atoms with Gasteiger partial charge in [-0.15, -0.1) is 0 Å². The van der Waals surface area contributed by atoms with Crippen LogP contribution < -0.4 is 4.72 Å². The van der Waals surface area contributed by atoms with E-state index in [2.05, 4.69) is 4.72 Å². The summed E-state index contributed by atoms with van der Waals surface area (Å²) in [6.45, 7) is 0.977. The highest BCUT2D eigenvalue weighted by atomic mass is 35.5. The summed E-state index contributed by atoms with van der Waals surface area (Å²) in [7, 11) is -0.856. The predicted molar refractivity (Wildman–Crippen MR) is 102 cm³/mol. The van der Waals surface area contributed by atoms with E-state index in [1.807, 2.05) is 0 Å². The fourth-order valence-corrected chi connectivity index (χ4v) is 3.92. The third-order valence-corrected chi connectivity index (χ3v) is 5.62. The molecule has 0 fully saturated rings. The Morgan fingerprint density at radius 2 is 1.89 bits per heavy atom. The monoisotopic (exact) mass is 414 g/mol. The Labute approximate surface area is 162 Å². The lowest BCUT2D eigenvalue weighted by atomic mass is 10.2. The molecule has 0 saturated heterocycles. The van der Waals surface area contributed by atoms with Crippen LogP contribution >= 0.6 is 11.6 Å². The minimum absolute atomic E-state index is 0.0248. The lowest BCUT2D eigenvalue weighted by Gasteiger charge is -2.18. The summed E-state index contributed by atoms with van der Waals surface area (Å²) in [5.74, 6) is -0.818. The number of halogens is 2. The number of carbonyl (C=O) groups is 1. The van der Waals surface area contributed by atoms with E-state index in [1.54, 1.807) is 14.2 Å². The molecule has 0 aliphatic rings. The number of nitrogens with zero attached hydrogens (tertiary/aromatic N) is 1. The molecular formula is C18H20ClFN2O4S. The molecule has 2 aromatic rings. The Kier molecular flexibility index (Phi) is 7.18. The highest BCUT2D eigenvalue weighted by Gasteiger charge is 2.21. The molecule has 0 heterocycles. The zero-order valence-electron chi connectivity index (χ0n) is 14.9. The van der Waals surface area contributed by atoms with E-state index in [9.17, 15) is 17.6 Å². The van der Waals surface area contributed by atoms with E-state index in [1.165, 1.54) is 35.2 Å². The molecule has 27 heavy (non-hydrogen) atoms. The van der Waals surface area contributed by atoms with Gasteiger partial charge in [0.1, 0.15) is 10.7 Å². The summed E-state index contributed by atoms with van der Waals surface area (Å²) in [5, 5.41) is -0.0248. The van der Waals surface area contributed by atoms with Gasteiger partial charge in [-0.3, -0.25) is 9.52 Å². The van der Waals surface area contributed by atoms with Gasteiger partial charge in [0.05, 0.1) is 5.02 Å². The Hall–Kier alpha value is -2.16. The molecule has 9 heteroatoms. The number of methoxy groups -OCH3 is 1. The topological polar surface area (TPSA) is 75.7 Å². The average Bonchev–Trinajstić information content (AvgIpc) is 2.63. The first-order valence-corrected chi connectivity index (χ1v) is 9.93. The van der Waals surface area contributed by atoms with Crippen LogP contribution in [0.5, 0.6) is 0 Å². The second kappa shape index (κ2) is 9.16. The fourth-order valence-electron chi connectivity index (χ4n) is 2.34. The maximum Gasteiger partial charge on any atom is 0.263 e. The molecule has 0 aliphatic carbocycles. The lowest BCUT2D eigenvalue weighted by molar-refractivity contribution is 0.0779. The molecule has 0 aliphatic heterocycles. The Morgan fingerprint density at radius 1 is 1.22 bits per heavy atom. The van der Waals surface area contributed by atoms with E-state index in [4.69, 9.17) is 16.3 Å². The number of rotatable bonds is 8. The molecule has 0 bridgehead atoms. The Morgan fingerprint density at radius 3 is 2.52 bits per heavy atom. The van der Waals surface area contributed by atoms with Gasteiger partial charge >= 0.3 is 0 Å². The van der Waals surface area contributed by atoms with Crippen LogP contribution in [0.15, 0.2) is 47.4 Å². The number of nitrogens with one attached hydrogen (secondary N) is 1. The van der Waals surface area contributed by atoms with Crippen molar-refractivity contribution in [2.45, 2.75) is 11.3 Å². The summed E-state index contributed by atoms with van der Waals surface area (Å²) < 4.78 is 45.5. The summed E-state index contributed by atoms with van der Waals surface area (Å²) >= 11 is 6.04. The second-order valence-electron chi connectivity index (χ2n) is 5.83. The Balaban J connectivity index is 2.25. The van der Waals surface area contributed by atoms with Crippen molar-refractivity contribution in [1.82, 2.24) is 4.90 Å². The van der Waals surface area contributed by atoms with Crippen molar-refractivity contribution < 1.29 is 22.3 Å². The van der Waals surface area contributed by atoms with E-state index < -0.39 is 15.8 Å². The minimum atomic E-state index is -4.05. The van der Waals surface area contributed by atoms with Crippen LogP contribution in [0, 0.1) is 5.82 Å². The van der Waals surface area contributed by atoms with Crippen LogP contribution in [0.2, 0.25) is 5.02 Å². The van der Waals surface area contributed by atoms with Gasteiger partial charge in [-0.1, -0.05) is 11.6 Å². The molecule has 1 N–H and O–H groups in total. The number of carbonyl (C=O) groups excluding carboxylic acids is 1. The van der Waals surface area contributed by atoms with Crippen molar-refractivity contribution in [2.24, 2.45) is 0 Å². The highest BCUT2D eigenvalue weighted by molar-refractivity contribution is 7.92. The Bertz CT molecular complexity index is 904. The zero-order chi connectivity index (χ0) is 20.0. The first-order valence-electron chi connectivity index (χ1n) is 8.07. The molecular weight excluding hydrogens is 395 g/mol. The molecule has 2 rings (SSSR count). The van der Waals surface area contributed by atoms with Crippen LogP contribution in [-0.2, 0) is 14.8 Å². The van der Waals surface area contributed by atoms with Crippen molar-refractivity contribution in [2.75, 3.05) is 32.0 Å². The molecule has 0 aromatic heterocycles. The molecule has 146 valence electrons. The van der Waals surface area contributed by atoms with Gasteiger partial charge in [-0.25, -0.2) is 12.8 Å². The van der Waals surface area contributed by atoms with Crippen LogP contribution in [0.4, 0.5) is 10.1 Å². The highest BCUT2D eigenvalue weighted by Crippen LogP contribution is 2.25. The van der Waals surface area contributed by atoms with Gasteiger partial charge in [0, 0.05) is 38.6 Å². The fraction of sp³-hybridized carbons (Fsp3) is 0.278. The van der Waals surface area contributed by atoms with Gasteiger partial charge in [0.2, 0.25) is 0 Å². The standard InChI is InChI=1S/C18H20ClFN2O4S/c1-22(10-3-11-26-2)18(23)13-4-9-16(19)17(12-13)27(24,25)21-15-7-5-14(20)6-8-15/h4-9,12,21H,3,10-11H2,1-2H3. The SMILES string of the molecule is COCCCN(C)C(=O)c1ccc(Cl)c(S(=O)(=O)Nc2ccc(F)cc2)c1. The summed E-state index contributed by atoms with van der Waals surface area (Å²) in [6, 6.07) is 8.90. The number of anilines is 1. The maximum atomic E-state index is 13.0. The van der Waals surface area contributed by atoms with E-state index in [0.717, 1.165) is 12.1 Å². The van der Waals surface area contributed by atoms with Crippen molar-refractivity contribution in [3.05, 3.63) is 58.9 Å². The van der Waals surface area contributed by atoms with Crippen molar-refractivity contribution in [3.63, 3.8) is 0 Å². The number of ether oxygens (including phenoxy) is 1. The second-order valence-corrected chi connectivity index (χ2v) is 7.89. The quantitative estimate of drug-likeness (QED) is 0.672. The average molecular weight is 415 g/mol. The van der Waals surface area contributed by atoms with Crippen molar-refractivity contribution >= 4 is 33.2 Å².